The molecule has 28 heavy (non-hydrogen) atoms. The molecule has 1 saturated heterocycles. The molecule has 1 aliphatic heterocycles. The molecule has 9 heteroatoms. The molecule has 7 nitrogen and oxygen atoms in total. The van der Waals surface area contributed by atoms with Crippen molar-refractivity contribution in [3.05, 3.63) is 64.0 Å². The SMILES string of the molecule is O=[N+]([O-])c1cc(/C=N\OCCSc2ccccc2F)ccc1N1CCOCC1. The van der Waals surface area contributed by atoms with Crippen LogP contribution in [0.4, 0.5) is 15.8 Å². The van der Waals surface area contributed by atoms with Crippen molar-refractivity contribution >= 4 is 29.4 Å². The van der Waals surface area contributed by atoms with Crippen molar-refractivity contribution in [3.63, 3.8) is 0 Å². The zero-order valence-electron chi connectivity index (χ0n) is 15.1. The van der Waals surface area contributed by atoms with Crippen LogP contribution in [-0.4, -0.2) is 49.8 Å². The molecule has 0 atom stereocenters. The molecule has 1 aliphatic rings. The van der Waals surface area contributed by atoms with Gasteiger partial charge in [-0.15, -0.1) is 11.8 Å². The molecule has 0 N–H and O–H groups in total. The summed E-state index contributed by atoms with van der Waals surface area (Å²) in [7, 11) is 0. The molecule has 0 radical (unpaired) electrons. The number of hydrogen-bond acceptors (Lipinski definition) is 7. The van der Waals surface area contributed by atoms with Gasteiger partial charge in [-0.2, -0.15) is 0 Å². The lowest BCUT2D eigenvalue weighted by Gasteiger charge is -2.28. The third kappa shape index (κ3) is 5.43. The first-order chi connectivity index (χ1) is 13.6. The van der Waals surface area contributed by atoms with Crippen LogP contribution in [0.3, 0.4) is 0 Å². The summed E-state index contributed by atoms with van der Waals surface area (Å²) in [5.41, 5.74) is 1.18. The van der Waals surface area contributed by atoms with Gasteiger partial charge in [-0.1, -0.05) is 23.4 Å². The summed E-state index contributed by atoms with van der Waals surface area (Å²) in [6, 6.07) is 11.5. The van der Waals surface area contributed by atoms with E-state index in [1.165, 1.54) is 30.1 Å². The lowest BCUT2D eigenvalue weighted by molar-refractivity contribution is -0.384. The topological polar surface area (TPSA) is 77.2 Å². The molecular weight excluding hydrogens is 385 g/mol. The zero-order chi connectivity index (χ0) is 19.8. The minimum absolute atomic E-state index is 0.0287. The van der Waals surface area contributed by atoms with Crippen LogP contribution >= 0.6 is 11.8 Å². The van der Waals surface area contributed by atoms with Gasteiger partial charge in [-0.3, -0.25) is 10.1 Å². The number of halogens is 1. The first kappa shape index (κ1) is 20.1. The highest BCUT2D eigenvalue weighted by Gasteiger charge is 2.21. The number of benzene rings is 2. The summed E-state index contributed by atoms with van der Waals surface area (Å²) in [5, 5.41) is 15.3. The van der Waals surface area contributed by atoms with Crippen LogP contribution in [-0.2, 0) is 9.57 Å². The third-order valence-electron chi connectivity index (χ3n) is 4.09. The van der Waals surface area contributed by atoms with Gasteiger partial charge in [0.05, 0.1) is 24.4 Å². The highest BCUT2D eigenvalue weighted by molar-refractivity contribution is 7.99. The fraction of sp³-hybridized carbons (Fsp3) is 0.316. The van der Waals surface area contributed by atoms with Crippen LogP contribution in [0.15, 0.2) is 52.5 Å². The molecular formula is C19H20FN3O4S. The van der Waals surface area contributed by atoms with E-state index in [0.29, 0.717) is 54.8 Å². The number of oxime groups is 1. The largest absolute Gasteiger partial charge is 0.395 e. The van der Waals surface area contributed by atoms with E-state index in [1.54, 1.807) is 30.3 Å². The van der Waals surface area contributed by atoms with Crippen molar-refractivity contribution in [2.75, 3.05) is 43.6 Å². The highest BCUT2D eigenvalue weighted by atomic mass is 32.2. The van der Waals surface area contributed by atoms with Crippen molar-refractivity contribution in [1.29, 1.82) is 0 Å². The van der Waals surface area contributed by atoms with Crippen LogP contribution in [0.25, 0.3) is 0 Å². The van der Waals surface area contributed by atoms with Crippen molar-refractivity contribution < 1.29 is 18.9 Å². The average Bonchev–Trinajstić information content (AvgIpc) is 2.72. The smallest absolute Gasteiger partial charge is 0.293 e. The first-order valence-corrected chi connectivity index (χ1v) is 9.77. The number of rotatable bonds is 8. The monoisotopic (exact) mass is 405 g/mol. The van der Waals surface area contributed by atoms with Crippen molar-refractivity contribution in [2.24, 2.45) is 5.16 Å². The standard InChI is InChI=1S/C19H20FN3O4S/c20-16-3-1-2-4-19(16)28-12-11-27-21-14-15-5-6-17(18(13-15)23(24)25)22-7-9-26-10-8-22/h1-6,13-14H,7-12H2/b21-14-. The Labute approximate surface area is 166 Å². The van der Waals surface area contributed by atoms with Gasteiger partial charge in [-0.25, -0.2) is 4.39 Å². The van der Waals surface area contributed by atoms with E-state index in [-0.39, 0.29) is 11.5 Å². The lowest BCUT2D eigenvalue weighted by atomic mass is 10.1. The molecule has 0 saturated carbocycles. The first-order valence-electron chi connectivity index (χ1n) is 8.79. The normalized spacial score (nSPS) is 14.4. The van der Waals surface area contributed by atoms with Crippen LogP contribution in [0.2, 0.25) is 0 Å². The highest BCUT2D eigenvalue weighted by Crippen LogP contribution is 2.29. The van der Waals surface area contributed by atoms with E-state index in [9.17, 15) is 14.5 Å². The molecule has 148 valence electrons. The molecule has 2 aromatic carbocycles. The summed E-state index contributed by atoms with van der Waals surface area (Å²) in [4.78, 5) is 18.7. The van der Waals surface area contributed by atoms with Gasteiger partial charge in [0, 0.05) is 35.4 Å². The Bertz CT molecular complexity index is 844. The molecule has 0 bridgehead atoms. The van der Waals surface area contributed by atoms with E-state index in [2.05, 4.69) is 5.16 Å². The fourth-order valence-electron chi connectivity index (χ4n) is 2.74. The summed E-state index contributed by atoms with van der Waals surface area (Å²) < 4.78 is 18.8. The maximum Gasteiger partial charge on any atom is 0.293 e. The molecule has 0 spiro atoms. The van der Waals surface area contributed by atoms with Crippen molar-refractivity contribution in [2.45, 2.75) is 4.90 Å². The Morgan fingerprint density at radius 2 is 2.07 bits per heavy atom. The number of hydrogen-bond donors (Lipinski definition) is 0. The Morgan fingerprint density at radius 1 is 1.29 bits per heavy atom. The molecule has 3 rings (SSSR count). The van der Waals surface area contributed by atoms with E-state index < -0.39 is 4.92 Å². The summed E-state index contributed by atoms with van der Waals surface area (Å²) in [6.07, 6.45) is 1.43. The number of nitro groups is 1. The lowest BCUT2D eigenvalue weighted by Crippen LogP contribution is -2.36. The second-order valence-corrected chi connectivity index (χ2v) is 7.09. The van der Waals surface area contributed by atoms with Gasteiger partial charge in [0.15, 0.2) is 0 Å². The molecule has 0 amide bonds. The van der Waals surface area contributed by atoms with Crippen LogP contribution < -0.4 is 4.90 Å². The van der Waals surface area contributed by atoms with E-state index >= 15 is 0 Å². The number of nitro benzene ring substituents is 1. The Kier molecular flexibility index (Phi) is 7.21. The van der Waals surface area contributed by atoms with Crippen molar-refractivity contribution in [3.8, 4) is 0 Å². The average molecular weight is 405 g/mol. The van der Waals surface area contributed by atoms with Gasteiger partial charge in [-0.05, 0) is 18.2 Å². The quantitative estimate of drug-likeness (QED) is 0.219. The molecule has 1 heterocycles. The summed E-state index contributed by atoms with van der Waals surface area (Å²) in [6.45, 7) is 2.65. The second-order valence-electron chi connectivity index (χ2n) is 5.95. The van der Waals surface area contributed by atoms with Crippen LogP contribution in [0, 0.1) is 15.9 Å². The molecule has 1 fully saturated rings. The van der Waals surface area contributed by atoms with Gasteiger partial charge >= 0.3 is 0 Å². The number of morpholine rings is 1. The van der Waals surface area contributed by atoms with Gasteiger partial charge in [0.2, 0.25) is 0 Å². The second kappa shape index (κ2) is 10.0. The van der Waals surface area contributed by atoms with Gasteiger partial charge in [0.1, 0.15) is 18.1 Å². The molecule has 0 unspecified atom stereocenters. The number of nitrogens with zero attached hydrogens (tertiary/aromatic N) is 3. The van der Waals surface area contributed by atoms with Gasteiger partial charge in [0.25, 0.3) is 5.69 Å². The Morgan fingerprint density at radius 3 is 2.82 bits per heavy atom. The zero-order valence-corrected chi connectivity index (χ0v) is 15.9. The van der Waals surface area contributed by atoms with Crippen LogP contribution in [0.1, 0.15) is 5.56 Å². The maximum atomic E-state index is 13.5. The molecule has 0 aliphatic carbocycles. The Balaban J connectivity index is 1.54. The van der Waals surface area contributed by atoms with Crippen LogP contribution in [0.5, 0.6) is 0 Å². The van der Waals surface area contributed by atoms with E-state index in [1.807, 2.05) is 4.90 Å². The minimum Gasteiger partial charge on any atom is -0.395 e. The summed E-state index contributed by atoms with van der Waals surface area (Å²) >= 11 is 1.34. The predicted molar refractivity (Wildman–Crippen MR) is 107 cm³/mol. The summed E-state index contributed by atoms with van der Waals surface area (Å²) in [5.74, 6) is 0.276. The molecule has 2 aromatic rings. The minimum atomic E-state index is -0.395. The van der Waals surface area contributed by atoms with Crippen molar-refractivity contribution in [1.82, 2.24) is 0 Å². The Hall–Kier alpha value is -2.65. The van der Waals surface area contributed by atoms with Gasteiger partial charge < -0.3 is 14.5 Å². The predicted octanol–water partition coefficient (Wildman–Crippen LogP) is 3.71. The van der Waals surface area contributed by atoms with E-state index in [0.717, 1.165) is 0 Å². The fourth-order valence-corrected chi connectivity index (χ4v) is 3.50. The third-order valence-corrected chi connectivity index (χ3v) is 5.11. The number of thioether (sulfide) groups is 1. The number of ether oxygens (including phenoxy) is 1. The van der Waals surface area contributed by atoms with E-state index in [4.69, 9.17) is 9.57 Å². The molecule has 0 aromatic heterocycles. The maximum absolute atomic E-state index is 13.5. The number of anilines is 1.